The standard InChI is InChI=1S/C21H29NO4S/c1-15-14-20(16(2)13-19(15)25-6)27(23,24)22-11-12-26-18-9-7-17(8-10-18)21(3,4)5/h7-10,13-14,22H,11-12H2,1-6H3. The molecule has 1 N–H and O–H groups in total. The summed E-state index contributed by atoms with van der Waals surface area (Å²) in [5, 5.41) is 0. The van der Waals surface area contributed by atoms with Gasteiger partial charge in [0.15, 0.2) is 0 Å². The number of nitrogens with one attached hydrogen (secondary N) is 1. The molecule has 0 saturated heterocycles. The lowest BCUT2D eigenvalue weighted by Crippen LogP contribution is -2.29. The van der Waals surface area contributed by atoms with Gasteiger partial charge in [-0.15, -0.1) is 0 Å². The van der Waals surface area contributed by atoms with E-state index in [4.69, 9.17) is 9.47 Å². The molecule has 0 aliphatic carbocycles. The van der Waals surface area contributed by atoms with Crippen LogP contribution in [0, 0.1) is 13.8 Å². The Morgan fingerprint density at radius 1 is 1.00 bits per heavy atom. The van der Waals surface area contributed by atoms with Crippen LogP contribution in [0.25, 0.3) is 0 Å². The first kappa shape index (κ1) is 21.3. The maximum atomic E-state index is 12.6. The Labute approximate surface area is 162 Å². The van der Waals surface area contributed by atoms with E-state index < -0.39 is 10.0 Å². The summed E-state index contributed by atoms with van der Waals surface area (Å²) in [6.45, 7) is 10.5. The first-order chi connectivity index (χ1) is 12.5. The molecule has 27 heavy (non-hydrogen) atoms. The van der Waals surface area contributed by atoms with Gasteiger partial charge in [0.05, 0.1) is 12.0 Å². The van der Waals surface area contributed by atoms with E-state index in [1.54, 1.807) is 26.2 Å². The van der Waals surface area contributed by atoms with Crippen molar-refractivity contribution in [2.75, 3.05) is 20.3 Å². The van der Waals surface area contributed by atoms with Gasteiger partial charge in [0, 0.05) is 6.54 Å². The summed E-state index contributed by atoms with van der Waals surface area (Å²) in [5.74, 6) is 1.40. The first-order valence-corrected chi connectivity index (χ1v) is 10.4. The third-order valence-electron chi connectivity index (χ3n) is 4.37. The van der Waals surface area contributed by atoms with Crippen LogP contribution in [0.3, 0.4) is 0 Å². The molecule has 0 bridgehead atoms. The van der Waals surface area contributed by atoms with Gasteiger partial charge in [-0.25, -0.2) is 13.1 Å². The molecule has 0 aromatic heterocycles. The van der Waals surface area contributed by atoms with Gasteiger partial charge in [0.2, 0.25) is 10.0 Å². The fourth-order valence-electron chi connectivity index (χ4n) is 2.75. The Hall–Kier alpha value is -2.05. The topological polar surface area (TPSA) is 64.6 Å². The van der Waals surface area contributed by atoms with Crippen LogP contribution < -0.4 is 14.2 Å². The number of rotatable bonds is 7. The summed E-state index contributed by atoms with van der Waals surface area (Å²) >= 11 is 0. The van der Waals surface area contributed by atoms with Crippen molar-refractivity contribution < 1.29 is 17.9 Å². The lowest BCUT2D eigenvalue weighted by molar-refractivity contribution is 0.322. The molecular formula is C21H29NO4S. The highest BCUT2D eigenvalue weighted by Gasteiger charge is 2.18. The number of aryl methyl sites for hydroxylation is 2. The zero-order valence-electron chi connectivity index (χ0n) is 16.9. The number of ether oxygens (including phenoxy) is 2. The summed E-state index contributed by atoms with van der Waals surface area (Å²) in [6.07, 6.45) is 0. The highest BCUT2D eigenvalue weighted by atomic mass is 32.2. The maximum Gasteiger partial charge on any atom is 0.240 e. The van der Waals surface area contributed by atoms with E-state index >= 15 is 0 Å². The summed E-state index contributed by atoms with van der Waals surface area (Å²) in [4.78, 5) is 0.260. The van der Waals surface area contributed by atoms with Gasteiger partial charge in [0.25, 0.3) is 0 Å². The van der Waals surface area contributed by atoms with Gasteiger partial charge in [-0.05, 0) is 60.2 Å². The van der Waals surface area contributed by atoms with Crippen LogP contribution in [0.1, 0.15) is 37.5 Å². The monoisotopic (exact) mass is 391 g/mol. The Morgan fingerprint density at radius 3 is 2.19 bits per heavy atom. The van der Waals surface area contributed by atoms with Crippen LogP contribution in [0.4, 0.5) is 0 Å². The van der Waals surface area contributed by atoms with Crippen LogP contribution in [0.5, 0.6) is 11.5 Å². The molecular weight excluding hydrogens is 362 g/mol. The minimum absolute atomic E-state index is 0.0858. The molecule has 0 aliphatic heterocycles. The highest BCUT2D eigenvalue weighted by molar-refractivity contribution is 7.89. The van der Waals surface area contributed by atoms with E-state index in [0.717, 1.165) is 11.3 Å². The second-order valence-electron chi connectivity index (χ2n) is 7.61. The number of methoxy groups -OCH3 is 1. The molecule has 5 nitrogen and oxygen atoms in total. The van der Waals surface area contributed by atoms with E-state index in [0.29, 0.717) is 11.3 Å². The normalized spacial score (nSPS) is 12.1. The second kappa shape index (κ2) is 8.31. The third-order valence-corrected chi connectivity index (χ3v) is 5.97. The number of benzene rings is 2. The van der Waals surface area contributed by atoms with Crippen molar-refractivity contribution in [3.05, 3.63) is 53.1 Å². The van der Waals surface area contributed by atoms with Gasteiger partial charge in [-0.3, -0.25) is 0 Å². The average molecular weight is 392 g/mol. The van der Waals surface area contributed by atoms with Gasteiger partial charge < -0.3 is 9.47 Å². The predicted molar refractivity (Wildman–Crippen MR) is 108 cm³/mol. The number of hydrogen-bond donors (Lipinski definition) is 1. The van der Waals surface area contributed by atoms with Gasteiger partial charge in [-0.1, -0.05) is 32.9 Å². The van der Waals surface area contributed by atoms with Crippen LogP contribution >= 0.6 is 0 Å². The largest absolute Gasteiger partial charge is 0.496 e. The molecule has 0 spiro atoms. The molecule has 0 atom stereocenters. The molecule has 6 heteroatoms. The fraction of sp³-hybridized carbons (Fsp3) is 0.429. The van der Waals surface area contributed by atoms with Crippen molar-refractivity contribution >= 4 is 10.0 Å². The predicted octanol–water partition coefficient (Wildman–Crippen LogP) is 3.97. The molecule has 0 saturated carbocycles. The lowest BCUT2D eigenvalue weighted by atomic mass is 9.87. The number of sulfonamides is 1. The van der Waals surface area contributed by atoms with Crippen LogP contribution in [0.2, 0.25) is 0 Å². The van der Waals surface area contributed by atoms with Crippen molar-refractivity contribution in [1.29, 1.82) is 0 Å². The van der Waals surface area contributed by atoms with Gasteiger partial charge >= 0.3 is 0 Å². The molecule has 148 valence electrons. The van der Waals surface area contributed by atoms with Crippen molar-refractivity contribution in [3.63, 3.8) is 0 Å². The van der Waals surface area contributed by atoms with Crippen LogP contribution in [-0.2, 0) is 15.4 Å². The maximum absolute atomic E-state index is 12.6. The fourth-order valence-corrected chi connectivity index (χ4v) is 4.07. The summed E-state index contributed by atoms with van der Waals surface area (Å²) in [7, 11) is -2.04. The molecule has 0 amide bonds. The lowest BCUT2D eigenvalue weighted by Gasteiger charge is -2.19. The van der Waals surface area contributed by atoms with Crippen LogP contribution in [-0.4, -0.2) is 28.7 Å². The van der Waals surface area contributed by atoms with Crippen molar-refractivity contribution in [1.82, 2.24) is 4.72 Å². The zero-order chi connectivity index (χ0) is 20.2. The van der Waals surface area contributed by atoms with Crippen molar-refractivity contribution in [2.45, 2.75) is 44.9 Å². The molecule has 2 aromatic rings. The first-order valence-electron chi connectivity index (χ1n) is 8.93. The Morgan fingerprint density at radius 2 is 1.63 bits per heavy atom. The average Bonchev–Trinajstić information content (AvgIpc) is 2.60. The SMILES string of the molecule is COc1cc(C)c(S(=O)(=O)NCCOc2ccc(C(C)(C)C)cc2)cc1C. The molecule has 0 unspecified atom stereocenters. The van der Waals surface area contributed by atoms with E-state index in [2.05, 4.69) is 25.5 Å². The summed E-state index contributed by atoms with van der Waals surface area (Å²) in [6, 6.07) is 11.2. The van der Waals surface area contributed by atoms with E-state index in [-0.39, 0.29) is 23.5 Å². The molecule has 0 aliphatic rings. The summed E-state index contributed by atoms with van der Waals surface area (Å²) in [5.41, 5.74) is 2.73. The van der Waals surface area contributed by atoms with E-state index in [1.165, 1.54) is 5.56 Å². The molecule has 2 rings (SSSR count). The Balaban J connectivity index is 1.96. The Bertz CT molecular complexity index is 882. The van der Waals surface area contributed by atoms with E-state index in [9.17, 15) is 8.42 Å². The minimum atomic E-state index is -3.60. The molecule has 0 radical (unpaired) electrons. The zero-order valence-corrected chi connectivity index (χ0v) is 17.7. The number of hydrogen-bond acceptors (Lipinski definition) is 4. The van der Waals surface area contributed by atoms with Crippen molar-refractivity contribution in [3.8, 4) is 11.5 Å². The molecule has 0 fully saturated rings. The van der Waals surface area contributed by atoms with Crippen molar-refractivity contribution in [2.24, 2.45) is 0 Å². The quantitative estimate of drug-likeness (QED) is 0.726. The minimum Gasteiger partial charge on any atom is -0.496 e. The highest BCUT2D eigenvalue weighted by Crippen LogP contribution is 2.26. The Kier molecular flexibility index (Phi) is 6.54. The molecule has 2 aromatic carbocycles. The van der Waals surface area contributed by atoms with Gasteiger partial charge in [0.1, 0.15) is 18.1 Å². The third kappa shape index (κ3) is 5.47. The van der Waals surface area contributed by atoms with Gasteiger partial charge in [-0.2, -0.15) is 0 Å². The second-order valence-corrected chi connectivity index (χ2v) is 9.34. The van der Waals surface area contributed by atoms with Crippen LogP contribution in [0.15, 0.2) is 41.3 Å². The smallest absolute Gasteiger partial charge is 0.240 e. The summed E-state index contributed by atoms with van der Waals surface area (Å²) < 4.78 is 38.6. The molecule has 0 heterocycles. The van der Waals surface area contributed by atoms with E-state index in [1.807, 2.05) is 31.2 Å².